The van der Waals surface area contributed by atoms with Crippen LogP contribution in [0.3, 0.4) is 0 Å². The molecule has 0 radical (unpaired) electrons. The van der Waals surface area contributed by atoms with Crippen LogP contribution in [0.1, 0.15) is 30.7 Å². The van der Waals surface area contributed by atoms with Gasteiger partial charge >= 0.3 is 0 Å². The molecule has 0 spiro atoms. The molecule has 1 fully saturated rings. The Bertz CT molecular complexity index is 813. The zero-order chi connectivity index (χ0) is 21.3. The van der Waals surface area contributed by atoms with Gasteiger partial charge in [-0.25, -0.2) is 4.98 Å². The molecule has 0 unspecified atom stereocenters. The van der Waals surface area contributed by atoms with Gasteiger partial charge in [0, 0.05) is 58.1 Å². The van der Waals surface area contributed by atoms with E-state index in [1.54, 1.807) is 13.3 Å². The summed E-state index contributed by atoms with van der Waals surface area (Å²) in [7, 11) is 1.55. The summed E-state index contributed by atoms with van der Waals surface area (Å²) < 4.78 is 7.15. The first-order valence-electron chi connectivity index (χ1n) is 10.7. The number of carbonyl (C=O) groups excluding carboxylic acids is 2. The van der Waals surface area contributed by atoms with Crippen molar-refractivity contribution >= 4 is 11.8 Å². The Morgan fingerprint density at radius 3 is 2.57 bits per heavy atom. The van der Waals surface area contributed by atoms with Crippen LogP contribution in [-0.2, 0) is 27.3 Å². The second kappa shape index (κ2) is 10.9. The van der Waals surface area contributed by atoms with Crippen molar-refractivity contribution in [3.8, 4) is 0 Å². The number of rotatable bonds is 9. The van der Waals surface area contributed by atoms with Crippen molar-refractivity contribution in [3.05, 3.63) is 54.1 Å². The largest absolute Gasteiger partial charge is 0.375 e. The van der Waals surface area contributed by atoms with Crippen molar-refractivity contribution in [1.29, 1.82) is 0 Å². The molecule has 162 valence electrons. The first-order valence-corrected chi connectivity index (χ1v) is 10.7. The molecule has 7 heteroatoms. The van der Waals surface area contributed by atoms with E-state index in [1.165, 1.54) is 5.56 Å². The molecule has 1 aliphatic rings. The van der Waals surface area contributed by atoms with Crippen molar-refractivity contribution in [2.45, 2.75) is 45.2 Å². The summed E-state index contributed by atoms with van der Waals surface area (Å²) in [6.45, 7) is 4.75. The molecule has 0 bridgehead atoms. The summed E-state index contributed by atoms with van der Waals surface area (Å²) in [5.41, 5.74) is 1.19. The molecule has 2 amide bonds. The highest BCUT2D eigenvalue weighted by atomic mass is 16.5. The summed E-state index contributed by atoms with van der Waals surface area (Å²) >= 11 is 0. The van der Waals surface area contributed by atoms with Crippen LogP contribution in [0.15, 0.2) is 42.7 Å². The average Bonchev–Trinajstić information content (AvgIpc) is 3.18. The van der Waals surface area contributed by atoms with Crippen LogP contribution < -0.4 is 0 Å². The number of piperidine rings is 1. The SMILES string of the molecule is COCC(=O)N(CCn1ccnc1C)C1CCN(C(=O)CCc2ccccc2)CC1. The van der Waals surface area contributed by atoms with Crippen LogP contribution in [0, 0.1) is 6.92 Å². The van der Waals surface area contributed by atoms with E-state index in [4.69, 9.17) is 4.74 Å². The van der Waals surface area contributed by atoms with Gasteiger partial charge in [0.25, 0.3) is 0 Å². The first-order chi connectivity index (χ1) is 14.6. The van der Waals surface area contributed by atoms with Crippen LogP contribution in [0.25, 0.3) is 0 Å². The van der Waals surface area contributed by atoms with E-state index in [0.29, 0.717) is 32.6 Å². The predicted molar refractivity (Wildman–Crippen MR) is 115 cm³/mol. The van der Waals surface area contributed by atoms with Crippen LogP contribution in [-0.4, -0.2) is 70.6 Å². The second-order valence-electron chi connectivity index (χ2n) is 7.79. The minimum absolute atomic E-state index is 0.00382. The van der Waals surface area contributed by atoms with Crippen molar-refractivity contribution in [2.75, 3.05) is 33.4 Å². The zero-order valence-electron chi connectivity index (χ0n) is 18.0. The fraction of sp³-hybridized carbons (Fsp3) is 0.522. The number of carbonyl (C=O) groups is 2. The van der Waals surface area contributed by atoms with Crippen LogP contribution in [0.5, 0.6) is 0 Å². The molecular formula is C23H32N4O3. The maximum absolute atomic E-state index is 12.7. The highest BCUT2D eigenvalue weighted by Gasteiger charge is 2.29. The normalized spacial score (nSPS) is 14.7. The minimum Gasteiger partial charge on any atom is -0.375 e. The van der Waals surface area contributed by atoms with Crippen molar-refractivity contribution < 1.29 is 14.3 Å². The number of aromatic nitrogens is 2. The Morgan fingerprint density at radius 2 is 1.93 bits per heavy atom. The number of benzene rings is 1. The molecule has 1 aliphatic heterocycles. The smallest absolute Gasteiger partial charge is 0.248 e. The fourth-order valence-corrected chi connectivity index (χ4v) is 4.05. The molecule has 3 rings (SSSR count). The maximum atomic E-state index is 12.7. The number of hydrogen-bond donors (Lipinski definition) is 0. The molecule has 30 heavy (non-hydrogen) atoms. The van der Waals surface area contributed by atoms with Gasteiger partial charge in [-0.15, -0.1) is 0 Å². The van der Waals surface area contributed by atoms with Crippen LogP contribution in [0.4, 0.5) is 0 Å². The molecule has 2 aromatic rings. The Hall–Kier alpha value is -2.67. The predicted octanol–water partition coefficient (Wildman–Crippen LogP) is 2.29. The van der Waals surface area contributed by atoms with Crippen LogP contribution >= 0.6 is 0 Å². The second-order valence-corrected chi connectivity index (χ2v) is 7.79. The van der Waals surface area contributed by atoms with E-state index < -0.39 is 0 Å². The summed E-state index contributed by atoms with van der Waals surface area (Å²) in [6.07, 6.45) is 6.60. The number of amides is 2. The van der Waals surface area contributed by atoms with E-state index in [1.807, 2.05) is 41.1 Å². The van der Waals surface area contributed by atoms with Gasteiger partial charge in [0.2, 0.25) is 11.8 Å². The lowest BCUT2D eigenvalue weighted by Gasteiger charge is -2.38. The monoisotopic (exact) mass is 412 g/mol. The number of methoxy groups -OCH3 is 1. The molecule has 2 heterocycles. The Balaban J connectivity index is 1.52. The molecule has 0 atom stereocenters. The van der Waals surface area contributed by atoms with E-state index in [2.05, 4.69) is 21.7 Å². The summed E-state index contributed by atoms with van der Waals surface area (Å²) in [5, 5.41) is 0. The van der Waals surface area contributed by atoms with Crippen molar-refractivity contribution in [2.24, 2.45) is 0 Å². The van der Waals surface area contributed by atoms with Crippen LogP contribution in [0.2, 0.25) is 0 Å². The molecule has 1 aromatic heterocycles. The minimum atomic E-state index is 0.00382. The molecule has 1 aromatic carbocycles. The summed E-state index contributed by atoms with van der Waals surface area (Å²) in [4.78, 5) is 33.4. The highest BCUT2D eigenvalue weighted by molar-refractivity contribution is 5.78. The summed E-state index contributed by atoms with van der Waals surface area (Å²) in [5.74, 6) is 1.14. The number of imidazole rings is 1. The molecule has 1 saturated heterocycles. The lowest BCUT2D eigenvalue weighted by atomic mass is 10.0. The first kappa shape index (κ1) is 22.0. The Kier molecular flexibility index (Phi) is 8.02. The van der Waals surface area contributed by atoms with Gasteiger partial charge in [0.15, 0.2) is 0 Å². The van der Waals surface area contributed by atoms with Gasteiger partial charge in [-0.05, 0) is 31.7 Å². The van der Waals surface area contributed by atoms with E-state index in [9.17, 15) is 9.59 Å². The van der Waals surface area contributed by atoms with E-state index in [0.717, 1.165) is 25.1 Å². The average molecular weight is 413 g/mol. The Morgan fingerprint density at radius 1 is 1.20 bits per heavy atom. The third kappa shape index (κ3) is 5.92. The molecule has 0 aliphatic carbocycles. The van der Waals surface area contributed by atoms with Gasteiger partial charge in [-0.1, -0.05) is 30.3 Å². The van der Waals surface area contributed by atoms with Gasteiger partial charge in [-0.2, -0.15) is 0 Å². The molecular weight excluding hydrogens is 380 g/mol. The maximum Gasteiger partial charge on any atom is 0.248 e. The lowest BCUT2D eigenvalue weighted by molar-refractivity contribution is -0.140. The van der Waals surface area contributed by atoms with E-state index >= 15 is 0 Å². The zero-order valence-corrected chi connectivity index (χ0v) is 18.0. The third-order valence-corrected chi connectivity index (χ3v) is 5.82. The fourth-order valence-electron chi connectivity index (χ4n) is 4.05. The topological polar surface area (TPSA) is 67.7 Å². The number of nitrogens with zero attached hydrogens (tertiary/aromatic N) is 4. The third-order valence-electron chi connectivity index (χ3n) is 5.82. The van der Waals surface area contributed by atoms with Gasteiger partial charge < -0.3 is 19.1 Å². The van der Waals surface area contributed by atoms with Gasteiger partial charge in [-0.3, -0.25) is 9.59 Å². The number of ether oxygens (including phenoxy) is 1. The Labute approximate surface area is 178 Å². The number of likely N-dealkylation sites (tertiary alicyclic amines) is 1. The quantitative estimate of drug-likeness (QED) is 0.634. The van der Waals surface area contributed by atoms with Gasteiger partial charge in [0.05, 0.1) is 0 Å². The molecule has 7 nitrogen and oxygen atoms in total. The number of aryl methyl sites for hydroxylation is 2. The lowest BCUT2D eigenvalue weighted by Crippen LogP contribution is -2.50. The molecule has 0 saturated carbocycles. The van der Waals surface area contributed by atoms with E-state index in [-0.39, 0.29) is 24.5 Å². The highest BCUT2D eigenvalue weighted by Crippen LogP contribution is 2.19. The molecule has 0 N–H and O–H groups in total. The standard InChI is InChI=1S/C23H32N4O3/c1-19-24-12-15-25(19)16-17-27(23(29)18-30-2)21-10-13-26(14-11-21)22(28)9-8-20-6-4-3-5-7-20/h3-7,12,15,21H,8-11,13-14,16-18H2,1-2H3. The number of hydrogen-bond acceptors (Lipinski definition) is 4. The van der Waals surface area contributed by atoms with Crippen molar-refractivity contribution in [3.63, 3.8) is 0 Å². The van der Waals surface area contributed by atoms with Gasteiger partial charge in [0.1, 0.15) is 12.4 Å². The summed E-state index contributed by atoms with van der Waals surface area (Å²) in [6, 6.07) is 10.2. The van der Waals surface area contributed by atoms with Crippen molar-refractivity contribution in [1.82, 2.24) is 19.4 Å².